The Balaban J connectivity index is 1.80. The SMILES string of the molecule is O=C(O)[C@@H]1CCCCN1c1nc(-c2ccccc2)nc2c1oc1ccccc12. The smallest absolute Gasteiger partial charge is 0.326 e. The van der Waals surface area contributed by atoms with Crippen LogP contribution >= 0.6 is 0 Å². The topological polar surface area (TPSA) is 79.5 Å². The van der Waals surface area contributed by atoms with Crippen molar-refractivity contribution in [3.05, 3.63) is 54.6 Å². The van der Waals surface area contributed by atoms with E-state index in [1.165, 1.54) is 0 Å². The first kappa shape index (κ1) is 16.7. The fraction of sp³-hybridized carbons (Fsp3) is 0.227. The lowest BCUT2D eigenvalue weighted by molar-refractivity contribution is -0.139. The first-order valence-electron chi connectivity index (χ1n) is 9.46. The summed E-state index contributed by atoms with van der Waals surface area (Å²) >= 11 is 0. The van der Waals surface area contributed by atoms with Crippen LogP contribution in [0.25, 0.3) is 33.5 Å². The second-order valence-corrected chi connectivity index (χ2v) is 7.06. The third-order valence-corrected chi connectivity index (χ3v) is 5.29. The molecule has 1 N–H and O–H groups in total. The Kier molecular flexibility index (Phi) is 3.97. The van der Waals surface area contributed by atoms with Gasteiger partial charge in [0.15, 0.2) is 17.2 Å². The summed E-state index contributed by atoms with van der Waals surface area (Å²) in [7, 11) is 0. The van der Waals surface area contributed by atoms with Crippen LogP contribution < -0.4 is 4.90 Å². The van der Waals surface area contributed by atoms with Gasteiger partial charge in [0.1, 0.15) is 17.1 Å². The molecule has 0 amide bonds. The van der Waals surface area contributed by atoms with Crippen LogP contribution in [0.15, 0.2) is 59.0 Å². The summed E-state index contributed by atoms with van der Waals surface area (Å²) in [5.74, 6) is 0.306. The van der Waals surface area contributed by atoms with Crippen LogP contribution in [-0.4, -0.2) is 33.6 Å². The number of aliphatic carboxylic acids is 1. The highest BCUT2D eigenvalue weighted by molar-refractivity contribution is 6.06. The van der Waals surface area contributed by atoms with E-state index in [1.54, 1.807) is 0 Å². The minimum absolute atomic E-state index is 0.550. The standard InChI is InChI=1S/C22H19N3O3/c26-22(27)16-11-6-7-13-25(16)21-19-18(15-10-4-5-12-17(15)28-19)23-20(24-21)14-8-2-1-3-9-14/h1-5,8-10,12,16H,6-7,11,13H2,(H,26,27)/t16-/m0/s1. The predicted octanol–water partition coefficient (Wildman–Crippen LogP) is 4.49. The summed E-state index contributed by atoms with van der Waals surface area (Å²) in [5.41, 5.74) is 2.88. The lowest BCUT2D eigenvalue weighted by Gasteiger charge is -2.33. The van der Waals surface area contributed by atoms with E-state index in [9.17, 15) is 9.90 Å². The number of fused-ring (bicyclic) bond motifs is 3. The van der Waals surface area contributed by atoms with Gasteiger partial charge < -0.3 is 14.4 Å². The number of carboxylic acids is 1. The summed E-state index contributed by atoms with van der Waals surface area (Å²) < 4.78 is 6.10. The van der Waals surface area contributed by atoms with Gasteiger partial charge in [-0.1, -0.05) is 42.5 Å². The summed E-state index contributed by atoms with van der Waals surface area (Å²) in [6.45, 7) is 0.633. The molecule has 1 saturated heterocycles. The normalized spacial score (nSPS) is 17.3. The molecule has 0 spiro atoms. The fourth-order valence-corrected chi connectivity index (χ4v) is 3.93. The van der Waals surface area contributed by atoms with Gasteiger partial charge in [-0.15, -0.1) is 0 Å². The zero-order chi connectivity index (χ0) is 19.1. The second-order valence-electron chi connectivity index (χ2n) is 7.06. The number of carbonyl (C=O) groups is 1. The molecule has 2 aromatic carbocycles. The van der Waals surface area contributed by atoms with E-state index in [0.29, 0.717) is 35.7 Å². The zero-order valence-corrected chi connectivity index (χ0v) is 15.2. The number of anilines is 1. The number of carboxylic acid groups (broad SMARTS) is 1. The van der Waals surface area contributed by atoms with E-state index < -0.39 is 12.0 Å². The Labute approximate surface area is 161 Å². The van der Waals surface area contributed by atoms with E-state index in [1.807, 2.05) is 59.5 Å². The van der Waals surface area contributed by atoms with E-state index in [-0.39, 0.29) is 0 Å². The Hall–Kier alpha value is -3.41. The summed E-state index contributed by atoms with van der Waals surface area (Å²) in [4.78, 5) is 23.3. The van der Waals surface area contributed by atoms with Crippen LogP contribution in [0.5, 0.6) is 0 Å². The van der Waals surface area contributed by atoms with Gasteiger partial charge in [0.2, 0.25) is 0 Å². The van der Waals surface area contributed by atoms with Crippen molar-refractivity contribution in [2.24, 2.45) is 0 Å². The molecule has 4 aromatic rings. The molecule has 0 bridgehead atoms. The van der Waals surface area contributed by atoms with Crippen LogP contribution in [0.4, 0.5) is 5.82 Å². The van der Waals surface area contributed by atoms with Crippen LogP contribution in [0.1, 0.15) is 19.3 Å². The van der Waals surface area contributed by atoms with E-state index >= 15 is 0 Å². The maximum absolute atomic E-state index is 11.9. The van der Waals surface area contributed by atoms with Crippen LogP contribution in [-0.2, 0) is 4.79 Å². The van der Waals surface area contributed by atoms with E-state index in [0.717, 1.165) is 29.4 Å². The van der Waals surface area contributed by atoms with E-state index in [2.05, 4.69) is 0 Å². The highest BCUT2D eigenvalue weighted by Crippen LogP contribution is 2.36. The van der Waals surface area contributed by atoms with Crippen molar-refractivity contribution in [3.8, 4) is 11.4 Å². The fourth-order valence-electron chi connectivity index (χ4n) is 3.93. The summed E-state index contributed by atoms with van der Waals surface area (Å²) in [6, 6.07) is 16.9. The molecule has 140 valence electrons. The average Bonchev–Trinajstić information content (AvgIpc) is 3.12. The van der Waals surface area contributed by atoms with Gasteiger partial charge in [-0.05, 0) is 31.4 Å². The summed E-state index contributed by atoms with van der Waals surface area (Å²) in [6.07, 6.45) is 2.42. The van der Waals surface area contributed by atoms with Gasteiger partial charge in [0.05, 0.1) is 0 Å². The highest BCUT2D eigenvalue weighted by Gasteiger charge is 2.32. The van der Waals surface area contributed by atoms with Gasteiger partial charge >= 0.3 is 5.97 Å². The maximum atomic E-state index is 11.9. The molecule has 6 heteroatoms. The third-order valence-electron chi connectivity index (χ3n) is 5.29. The van der Waals surface area contributed by atoms with Gasteiger partial charge in [0, 0.05) is 17.5 Å². The first-order valence-corrected chi connectivity index (χ1v) is 9.46. The minimum Gasteiger partial charge on any atom is -0.480 e. The first-order chi connectivity index (χ1) is 13.7. The number of hydrogen-bond acceptors (Lipinski definition) is 5. The maximum Gasteiger partial charge on any atom is 0.326 e. The van der Waals surface area contributed by atoms with Crippen LogP contribution in [0, 0.1) is 0 Å². The predicted molar refractivity (Wildman–Crippen MR) is 107 cm³/mol. The second kappa shape index (κ2) is 6.64. The largest absolute Gasteiger partial charge is 0.480 e. The highest BCUT2D eigenvalue weighted by atomic mass is 16.4. The van der Waals surface area contributed by atoms with Crippen molar-refractivity contribution in [1.29, 1.82) is 0 Å². The van der Waals surface area contributed by atoms with Crippen molar-refractivity contribution in [2.45, 2.75) is 25.3 Å². The van der Waals surface area contributed by atoms with E-state index in [4.69, 9.17) is 14.4 Å². The molecule has 6 nitrogen and oxygen atoms in total. The Morgan fingerprint density at radius 1 is 1.04 bits per heavy atom. The number of hydrogen-bond donors (Lipinski definition) is 1. The number of benzene rings is 2. The van der Waals surface area contributed by atoms with Crippen molar-refractivity contribution in [1.82, 2.24) is 9.97 Å². The van der Waals surface area contributed by atoms with Crippen molar-refractivity contribution in [3.63, 3.8) is 0 Å². The molecule has 0 radical (unpaired) electrons. The molecule has 1 aliphatic heterocycles. The molecule has 0 unspecified atom stereocenters. The quantitative estimate of drug-likeness (QED) is 0.570. The molecule has 3 heterocycles. The number of nitrogens with zero attached hydrogens (tertiary/aromatic N) is 3. The number of piperidine rings is 1. The van der Waals surface area contributed by atoms with Crippen LogP contribution in [0.3, 0.4) is 0 Å². The van der Waals surface area contributed by atoms with Crippen molar-refractivity contribution >= 4 is 33.9 Å². The monoisotopic (exact) mass is 373 g/mol. The van der Waals surface area contributed by atoms with Gasteiger partial charge in [-0.25, -0.2) is 14.8 Å². The minimum atomic E-state index is -0.830. The lowest BCUT2D eigenvalue weighted by Crippen LogP contribution is -2.45. The van der Waals surface area contributed by atoms with Crippen molar-refractivity contribution in [2.75, 3.05) is 11.4 Å². The van der Waals surface area contributed by atoms with Crippen molar-refractivity contribution < 1.29 is 14.3 Å². The molecule has 0 aliphatic carbocycles. The molecule has 0 saturated carbocycles. The Morgan fingerprint density at radius 2 is 1.82 bits per heavy atom. The molecule has 5 rings (SSSR count). The van der Waals surface area contributed by atoms with Gasteiger partial charge in [-0.2, -0.15) is 0 Å². The molecule has 1 atom stereocenters. The van der Waals surface area contributed by atoms with Crippen LogP contribution in [0.2, 0.25) is 0 Å². The third kappa shape index (κ3) is 2.69. The molecular weight excluding hydrogens is 354 g/mol. The molecule has 2 aromatic heterocycles. The number of furan rings is 1. The zero-order valence-electron chi connectivity index (χ0n) is 15.2. The Bertz CT molecular complexity index is 1170. The Morgan fingerprint density at radius 3 is 2.64 bits per heavy atom. The number of aromatic nitrogens is 2. The molecule has 28 heavy (non-hydrogen) atoms. The average molecular weight is 373 g/mol. The summed E-state index contributed by atoms with van der Waals surface area (Å²) in [5, 5.41) is 10.7. The molecule has 1 fully saturated rings. The van der Waals surface area contributed by atoms with Gasteiger partial charge in [0.25, 0.3) is 0 Å². The lowest BCUT2D eigenvalue weighted by atomic mass is 10.0. The van der Waals surface area contributed by atoms with Gasteiger partial charge in [-0.3, -0.25) is 0 Å². The number of para-hydroxylation sites is 1. The molecular formula is C22H19N3O3. The molecule has 1 aliphatic rings. The number of rotatable bonds is 3.